The highest BCUT2D eigenvalue weighted by Gasteiger charge is 2.86. The molecule has 9 rings (SSSR count). The van der Waals surface area contributed by atoms with Crippen molar-refractivity contribution in [2.45, 2.75) is 76.5 Å². The molecule has 2 heterocycles. The highest BCUT2D eigenvalue weighted by molar-refractivity contribution is 5.98. The summed E-state index contributed by atoms with van der Waals surface area (Å²) >= 11 is 0. The van der Waals surface area contributed by atoms with E-state index in [4.69, 9.17) is 14.2 Å². The Morgan fingerprint density at radius 2 is 1.71 bits per heavy atom. The number of esters is 2. The first kappa shape index (κ1) is 22.6. The third-order valence-electron chi connectivity index (χ3n) is 13.4. The maximum atomic E-state index is 13.5. The predicted octanol–water partition coefficient (Wildman–Crippen LogP) is 3.12. The van der Waals surface area contributed by atoms with Crippen LogP contribution in [0.2, 0.25) is 0 Å². The van der Waals surface area contributed by atoms with E-state index in [0.29, 0.717) is 47.0 Å². The molecule has 2 aliphatic heterocycles. The second kappa shape index (κ2) is 5.79. The molecule has 0 bridgehead atoms. The third-order valence-corrected chi connectivity index (χ3v) is 13.4. The Morgan fingerprint density at radius 3 is 2.42 bits per heavy atom. The zero-order chi connectivity index (χ0) is 26.7. The first-order chi connectivity index (χ1) is 17.8. The molecule has 200 valence electrons. The number of rotatable bonds is 1. The normalized spacial score (nSPS) is 58.1. The minimum absolute atomic E-state index is 0.00283. The van der Waals surface area contributed by atoms with Crippen LogP contribution in [0.5, 0.6) is 0 Å². The lowest BCUT2D eigenvalue weighted by Gasteiger charge is -2.64. The molecule has 7 heteroatoms. The first-order valence-corrected chi connectivity index (χ1v) is 14.1. The van der Waals surface area contributed by atoms with Crippen LogP contribution in [0.25, 0.3) is 0 Å². The SMILES string of the molecule is C=C1C2CC2C2(C)C1CC1=C(C)C(=O)OC13C1=C4C(O)(CC32)C2CC2C4(C)C(O)C2(OC)OC(=O)C(C)=C12. The molecule has 38 heavy (non-hydrogen) atoms. The molecule has 9 aliphatic rings. The van der Waals surface area contributed by atoms with Crippen molar-refractivity contribution in [3.63, 3.8) is 0 Å². The van der Waals surface area contributed by atoms with Gasteiger partial charge in [0, 0.05) is 40.7 Å². The van der Waals surface area contributed by atoms with Crippen molar-refractivity contribution in [2.24, 2.45) is 46.3 Å². The Bertz CT molecular complexity index is 1470. The van der Waals surface area contributed by atoms with Gasteiger partial charge in [0.25, 0.3) is 5.79 Å². The van der Waals surface area contributed by atoms with Gasteiger partial charge in [-0.2, -0.15) is 0 Å². The number of methoxy groups -OCH3 is 1. The van der Waals surface area contributed by atoms with E-state index in [1.807, 2.05) is 13.8 Å². The second-order valence-electron chi connectivity index (χ2n) is 14.2. The van der Waals surface area contributed by atoms with Crippen LogP contribution in [0.15, 0.2) is 45.6 Å². The molecule has 7 aliphatic carbocycles. The summed E-state index contributed by atoms with van der Waals surface area (Å²) in [5.74, 6) is -1.62. The largest absolute Gasteiger partial charge is 0.446 e. The molecule has 5 fully saturated rings. The topological polar surface area (TPSA) is 102 Å². The molecule has 0 amide bonds. The van der Waals surface area contributed by atoms with E-state index in [0.717, 1.165) is 24.0 Å². The molecule has 0 aromatic rings. The summed E-state index contributed by atoms with van der Waals surface area (Å²) < 4.78 is 18.6. The van der Waals surface area contributed by atoms with Crippen LogP contribution in [0.3, 0.4) is 0 Å². The van der Waals surface area contributed by atoms with Gasteiger partial charge >= 0.3 is 11.9 Å². The fourth-order valence-corrected chi connectivity index (χ4v) is 11.7. The van der Waals surface area contributed by atoms with Crippen LogP contribution in [0.4, 0.5) is 0 Å². The van der Waals surface area contributed by atoms with Crippen LogP contribution >= 0.6 is 0 Å². The zero-order valence-electron chi connectivity index (χ0n) is 22.5. The van der Waals surface area contributed by atoms with Crippen molar-refractivity contribution in [3.05, 3.63) is 45.6 Å². The third kappa shape index (κ3) is 1.81. The molecule has 0 aromatic heterocycles. The van der Waals surface area contributed by atoms with Crippen molar-refractivity contribution in [2.75, 3.05) is 7.11 Å². The number of hydrogen-bond acceptors (Lipinski definition) is 7. The number of carbonyl (C=O) groups is 2. The maximum absolute atomic E-state index is 13.5. The molecule has 12 unspecified atom stereocenters. The maximum Gasteiger partial charge on any atom is 0.337 e. The fraction of sp³-hybridized carbons (Fsp3) is 0.677. The molecule has 12 atom stereocenters. The molecule has 2 N–H and O–H groups in total. The lowest BCUT2D eigenvalue weighted by Crippen LogP contribution is -2.68. The van der Waals surface area contributed by atoms with E-state index in [2.05, 4.69) is 13.5 Å². The lowest BCUT2D eigenvalue weighted by atomic mass is 9.43. The number of aliphatic hydroxyl groups is 2. The van der Waals surface area contributed by atoms with Crippen LogP contribution < -0.4 is 0 Å². The smallest absolute Gasteiger partial charge is 0.337 e. The summed E-state index contributed by atoms with van der Waals surface area (Å²) in [6.45, 7) is 12.4. The summed E-state index contributed by atoms with van der Waals surface area (Å²) in [6.07, 6.45) is 1.85. The second-order valence-corrected chi connectivity index (χ2v) is 14.2. The Hall–Kier alpha value is -2.22. The Labute approximate surface area is 221 Å². The summed E-state index contributed by atoms with van der Waals surface area (Å²) in [7, 11) is 1.46. The van der Waals surface area contributed by atoms with Crippen LogP contribution in [0.1, 0.15) is 53.4 Å². The van der Waals surface area contributed by atoms with Crippen molar-refractivity contribution in [1.82, 2.24) is 0 Å². The van der Waals surface area contributed by atoms with Gasteiger partial charge in [-0.1, -0.05) is 26.0 Å². The first-order valence-electron chi connectivity index (χ1n) is 14.1. The zero-order valence-corrected chi connectivity index (χ0v) is 22.5. The van der Waals surface area contributed by atoms with Gasteiger partial charge in [-0.25, -0.2) is 9.59 Å². The number of allylic oxidation sites excluding steroid dienone is 1. The van der Waals surface area contributed by atoms with Gasteiger partial charge < -0.3 is 24.4 Å². The highest BCUT2D eigenvalue weighted by Crippen LogP contribution is 2.84. The number of ether oxygens (including phenoxy) is 3. The molecule has 7 nitrogen and oxygen atoms in total. The Balaban J connectivity index is 1.44. The predicted molar refractivity (Wildman–Crippen MR) is 133 cm³/mol. The van der Waals surface area contributed by atoms with E-state index in [1.165, 1.54) is 12.7 Å². The lowest BCUT2D eigenvalue weighted by molar-refractivity contribution is -0.255. The minimum Gasteiger partial charge on any atom is -0.446 e. The molecule has 5 saturated carbocycles. The van der Waals surface area contributed by atoms with E-state index < -0.39 is 34.5 Å². The van der Waals surface area contributed by atoms with E-state index in [-0.39, 0.29) is 35.1 Å². The van der Waals surface area contributed by atoms with Gasteiger partial charge in [0.1, 0.15) is 6.10 Å². The number of fused-ring (bicyclic) bond motifs is 9. The summed E-state index contributed by atoms with van der Waals surface area (Å²) in [6, 6.07) is 0. The van der Waals surface area contributed by atoms with Crippen molar-refractivity contribution in [1.29, 1.82) is 0 Å². The quantitative estimate of drug-likeness (QED) is 0.406. The molecular formula is C31H34O7. The molecule has 0 radical (unpaired) electrons. The van der Waals surface area contributed by atoms with Gasteiger partial charge in [0.15, 0.2) is 5.60 Å². The molecule has 1 spiro atoms. The summed E-state index contributed by atoms with van der Waals surface area (Å²) in [4.78, 5) is 26.8. The van der Waals surface area contributed by atoms with Crippen LogP contribution in [-0.4, -0.2) is 52.4 Å². The molecular weight excluding hydrogens is 484 g/mol. The fourth-order valence-electron chi connectivity index (χ4n) is 11.7. The van der Waals surface area contributed by atoms with Crippen LogP contribution in [-0.2, 0) is 23.8 Å². The standard InChI is InChI=1S/C31H34O7/c1-11-14-7-17(14)27(4)15(11)8-16-12(2)24(32)37-30(16)20(27)10-29(35)19-9-18(19)28(5)23(29)22(30)21-13(3)25(33)38-31(21,36-6)26(28)34/h14-15,17-20,26,34-35H,1,7-10H2,2-6H3. The average Bonchev–Trinajstić information content (AvgIpc) is 3.77. The summed E-state index contributed by atoms with van der Waals surface area (Å²) in [5, 5.41) is 24.9. The van der Waals surface area contributed by atoms with Crippen molar-refractivity contribution < 1.29 is 34.0 Å². The number of carbonyl (C=O) groups excluding carboxylic acids is 2. The number of aliphatic hydroxyl groups excluding tert-OH is 1. The van der Waals surface area contributed by atoms with E-state index in [1.54, 1.807) is 6.92 Å². The van der Waals surface area contributed by atoms with E-state index in [9.17, 15) is 19.8 Å². The average molecular weight is 519 g/mol. The highest BCUT2D eigenvalue weighted by atomic mass is 16.7. The van der Waals surface area contributed by atoms with Gasteiger partial charge in [-0.05, 0) is 85.7 Å². The van der Waals surface area contributed by atoms with Gasteiger partial charge in [-0.15, -0.1) is 0 Å². The van der Waals surface area contributed by atoms with Crippen molar-refractivity contribution >= 4 is 11.9 Å². The molecule has 0 aromatic carbocycles. The van der Waals surface area contributed by atoms with Crippen molar-refractivity contribution in [3.8, 4) is 0 Å². The van der Waals surface area contributed by atoms with Gasteiger partial charge in [-0.3, -0.25) is 0 Å². The van der Waals surface area contributed by atoms with Gasteiger partial charge in [0.05, 0.1) is 5.60 Å². The Kier molecular flexibility index (Phi) is 3.44. The Morgan fingerprint density at radius 1 is 1.00 bits per heavy atom. The molecule has 0 saturated heterocycles. The summed E-state index contributed by atoms with van der Waals surface area (Å²) in [5.41, 5.74) is 1.72. The number of hydrogen-bond donors (Lipinski definition) is 2. The van der Waals surface area contributed by atoms with Gasteiger partial charge in [0.2, 0.25) is 0 Å². The van der Waals surface area contributed by atoms with Crippen LogP contribution in [0, 0.1) is 46.3 Å². The minimum atomic E-state index is -1.71. The van der Waals surface area contributed by atoms with E-state index >= 15 is 0 Å². The monoisotopic (exact) mass is 518 g/mol.